The highest BCUT2D eigenvalue weighted by Gasteiger charge is 2.15. The van der Waals surface area contributed by atoms with Crippen LogP contribution in [0.2, 0.25) is 0 Å². The lowest BCUT2D eigenvalue weighted by molar-refractivity contribution is -0.0495. The van der Waals surface area contributed by atoms with Crippen molar-refractivity contribution in [1.29, 1.82) is 0 Å². The molecule has 0 bridgehead atoms. The molecule has 1 rings (SSSR count). The maximum absolute atomic E-state index is 13.1. The fourth-order valence-electron chi connectivity index (χ4n) is 2.35. The Hall–Kier alpha value is -1.96. The zero-order valence-corrected chi connectivity index (χ0v) is 13.7. The van der Waals surface area contributed by atoms with Crippen LogP contribution in [0.3, 0.4) is 0 Å². The van der Waals surface area contributed by atoms with Gasteiger partial charge in [-0.2, -0.15) is 8.78 Å². The predicted molar refractivity (Wildman–Crippen MR) is 84.7 cm³/mol. The standard InChI is InChI=1S/C16H23F3N2O3/c1-10(2)7-11(5-6-22)9-20-16(23)21-13-4-3-12(17)8-14(13)24-15(18)19/h3-4,8,10-11,15,22H,5-7,9H2,1-2H3,(H2,20,21,23). The number of hydrogen-bond donors (Lipinski definition) is 3. The van der Waals surface area contributed by atoms with E-state index < -0.39 is 24.2 Å². The summed E-state index contributed by atoms with van der Waals surface area (Å²) in [5.41, 5.74) is -0.0585. The number of amides is 2. The summed E-state index contributed by atoms with van der Waals surface area (Å²) in [6.07, 6.45) is 1.38. The number of halogens is 3. The number of alkyl halides is 2. The van der Waals surface area contributed by atoms with Crippen LogP contribution in [0.15, 0.2) is 18.2 Å². The predicted octanol–water partition coefficient (Wildman–Crippen LogP) is 3.59. The summed E-state index contributed by atoms with van der Waals surface area (Å²) < 4.78 is 42.0. The smallest absolute Gasteiger partial charge is 0.387 e. The van der Waals surface area contributed by atoms with E-state index in [0.717, 1.165) is 24.6 Å². The first kappa shape index (κ1) is 20.1. The summed E-state index contributed by atoms with van der Waals surface area (Å²) in [4.78, 5) is 11.9. The number of aliphatic hydroxyl groups is 1. The normalized spacial score (nSPS) is 12.3. The van der Waals surface area contributed by atoms with Gasteiger partial charge in [-0.1, -0.05) is 13.8 Å². The second-order valence-corrected chi connectivity index (χ2v) is 5.86. The zero-order valence-electron chi connectivity index (χ0n) is 13.7. The van der Waals surface area contributed by atoms with Gasteiger partial charge >= 0.3 is 12.6 Å². The van der Waals surface area contributed by atoms with Crippen molar-refractivity contribution in [3.8, 4) is 5.75 Å². The van der Waals surface area contributed by atoms with Gasteiger partial charge in [0.2, 0.25) is 0 Å². The summed E-state index contributed by atoms with van der Waals surface area (Å²) >= 11 is 0. The minimum atomic E-state index is -3.13. The Morgan fingerprint density at radius 3 is 2.62 bits per heavy atom. The van der Waals surface area contributed by atoms with Crippen molar-refractivity contribution in [3.63, 3.8) is 0 Å². The molecular weight excluding hydrogens is 325 g/mol. The molecule has 0 saturated heterocycles. The summed E-state index contributed by atoms with van der Waals surface area (Å²) in [5, 5.41) is 14.0. The van der Waals surface area contributed by atoms with Crippen LogP contribution in [-0.2, 0) is 0 Å². The molecule has 0 saturated carbocycles. The summed E-state index contributed by atoms with van der Waals surface area (Å²) in [6, 6.07) is 2.33. The monoisotopic (exact) mass is 348 g/mol. The Labute approximate surface area is 139 Å². The Balaban J connectivity index is 2.63. The number of hydrogen-bond acceptors (Lipinski definition) is 3. The van der Waals surface area contributed by atoms with Gasteiger partial charge in [0.1, 0.15) is 5.82 Å². The van der Waals surface area contributed by atoms with Gasteiger partial charge in [-0.25, -0.2) is 9.18 Å². The van der Waals surface area contributed by atoms with Gasteiger partial charge in [0, 0.05) is 19.2 Å². The molecule has 3 N–H and O–H groups in total. The van der Waals surface area contributed by atoms with Gasteiger partial charge in [0.15, 0.2) is 5.75 Å². The van der Waals surface area contributed by atoms with E-state index in [1.807, 2.05) is 13.8 Å². The van der Waals surface area contributed by atoms with E-state index in [9.17, 15) is 18.0 Å². The van der Waals surface area contributed by atoms with E-state index in [4.69, 9.17) is 5.11 Å². The first-order chi connectivity index (χ1) is 11.3. The molecule has 1 aromatic carbocycles. The molecule has 1 atom stereocenters. The van der Waals surface area contributed by atoms with Crippen molar-refractivity contribution < 1.29 is 27.8 Å². The van der Waals surface area contributed by atoms with Crippen LogP contribution in [-0.4, -0.2) is 30.9 Å². The van der Waals surface area contributed by atoms with E-state index in [-0.39, 0.29) is 18.2 Å². The minimum absolute atomic E-state index is 0.0189. The first-order valence-electron chi connectivity index (χ1n) is 7.71. The molecule has 1 unspecified atom stereocenters. The summed E-state index contributed by atoms with van der Waals surface area (Å²) in [6.45, 7) is 1.30. The van der Waals surface area contributed by atoms with Gasteiger partial charge in [-0.05, 0) is 36.8 Å². The van der Waals surface area contributed by atoms with Crippen LogP contribution in [0, 0.1) is 17.7 Å². The largest absolute Gasteiger partial charge is 0.432 e. The summed E-state index contributed by atoms with van der Waals surface area (Å²) in [7, 11) is 0. The van der Waals surface area contributed by atoms with Crippen LogP contribution < -0.4 is 15.4 Å². The fourth-order valence-corrected chi connectivity index (χ4v) is 2.35. The highest BCUT2D eigenvalue weighted by atomic mass is 19.3. The van der Waals surface area contributed by atoms with Crippen molar-refractivity contribution in [3.05, 3.63) is 24.0 Å². The molecule has 0 aromatic heterocycles. The molecule has 5 nitrogen and oxygen atoms in total. The van der Waals surface area contributed by atoms with E-state index in [2.05, 4.69) is 15.4 Å². The van der Waals surface area contributed by atoms with E-state index in [0.29, 0.717) is 18.9 Å². The fraction of sp³-hybridized carbons (Fsp3) is 0.562. The summed E-state index contributed by atoms with van der Waals surface area (Å²) in [5.74, 6) is -0.689. The van der Waals surface area contributed by atoms with E-state index in [1.165, 1.54) is 0 Å². The maximum atomic E-state index is 13.1. The number of ether oxygens (including phenoxy) is 1. The third kappa shape index (κ3) is 7.54. The number of carbonyl (C=O) groups is 1. The van der Waals surface area contributed by atoms with Crippen LogP contribution >= 0.6 is 0 Å². The lowest BCUT2D eigenvalue weighted by atomic mass is 9.94. The highest BCUT2D eigenvalue weighted by Crippen LogP contribution is 2.27. The van der Waals surface area contributed by atoms with Crippen molar-refractivity contribution >= 4 is 11.7 Å². The number of anilines is 1. The number of benzene rings is 1. The molecule has 136 valence electrons. The molecule has 0 aliphatic carbocycles. The quantitative estimate of drug-likeness (QED) is 0.639. The second-order valence-electron chi connectivity index (χ2n) is 5.86. The molecule has 0 heterocycles. The van der Waals surface area contributed by atoms with Gasteiger partial charge < -0.3 is 20.5 Å². The molecule has 2 amide bonds. The van der Waals surface area contributed by atoms with Gasteiger partial charge in [-0.3, -0.25) is 0 Å². The Morgan fingerprint density at radius 2 is 2.04 bits per heavy atom. The molecule has 0 radical (unpaired) electrons. The van der Waals surface area contributed by atoms with Crippen molar-refractivity contribution in [2.75, 3.05) is 18.5 Å². The second kappa shape index (κ2) is 10.0. The van der Waals surface area contributed by atoms with Crippen molar-refractivity contribution in [1.82, 2.24) is 5.32 Å². The average molecular weight is 348 g/mol. The molecule has 0 aliphatic heterocycles. The lowest BCUT2D eigenvalue weighted by Crippen LogP contribution is -2.34. The molecular formula is C16H23F3N2O3. The Morgan fingerprint density at radius 1 is 1.33 bits per heavy atom. The van der Waals surface area contributed by atoms with Gasteiger partial charge in [-0.15, -0.1) is 0 Å². The maximum Gasteiger partial charge on any atom is 0.387 e. The average Bonchev–Trinajstić information content (AvgIpc) is 2.47. The SMILES string of the molecule is CC(C)CC(CCO)CNC(=O)Nc1ccc(F)cc1OC(F)F. The van der Waals surface area contributed by atoms with Gasteiger partial charge in [0.25, 0.3) is 0 Å². The minimum Gasteiger partial charge on any atom is -0.432 e. The molecule has 0 spiro atoms. The highest BCUT2D eigenvalue weighted by molar-refractivity contribution is 5.90. The molecule has 8 heteroatoms. The van der Waals surface area contributed by atoms with Gasteiger partial charge in [0.05, 0.1) is 5.69 Å². The van der Waals surface area contributed by atoms with Crippen LogP contribution in [0.1, 0.15) is 26.7 Å². The molecule has 1 aromatic rings. The zero-order chi connectivity index (χ0) is 18.1. The molecule has 0 aliphatic rings. The van der Waals surface area contributed by atoms with Crippen LogP contribution in [0.4, 0.5) is 23.7 Å². The van der Waals surface area contributed by atoms with E-state index >= 15 is 0 Å². The molecule has 0 fully saturated rings. The number of nitrogens with one attached hydrogen (secondary N) is 2. The number of rotatable bonds is 9. The number of urea groups is 1. The third-order valence-electron chi connectivity index (χ3n) is 3.30. The van der Waals surface area contributed by atoms with E-state index in [1.54, 1.807) is 0 Å². The van der Waals surface area contributed by atoms with Crippen LogP contribution in [0.25, 0.3) is 0 Å². The van der Waals surface area contributed by atoms with Crippen molar-refractivity contribution in [2.45, 2.75) is 33.3 Å². The number of aliphatic hydroxyl groups excluding tert-OH is 1. The lowest BCUT2D eigenvalue weighted by Gasteiger charge is -2.19. The van der Waals surface area contributed by atoms with Crippen LogP contribution in [0.5, 0.6) is 5.75 Å². The topological polar surface area (TPSA) is 70.6 Å². The molecule has 24 heavy (non-hydrogen) atoms. The first-order valence-corrected chi connectivity index (χ1v) is 7.71. The van der Waals surface area contributed by atoms with Crippen molar-refractivity contribution in [2.24, 2.45) is 11.8 Å². The number of carbonyl (C=O) groups excluding carboxylic acids is 1. The Bertz CT molecular complexity index is 527. The third-order valence-corrected chi connectivity index (χ3v) is 3.30. The Kier molecular flexibility index (Phi) is 8.39.